The van der Waals surface area contributed by atoms with Gasteiger partial charge in [-0.2, -0.15) is 0 Å². The normalized spacial score (nSPS) is 36.3. The maximum Gasteiger partial charge on any atom is 0.290 e. The van der Waals surface area contributed by atoms with Gasteiger partial charge in [-0.05, 0) is 24.2 Å². The van der Waals surface area contributed by atoms with Crippen molar-refractivity contribution in [2.45, 2.75) is 78.6 Å². The second-order valence-corrected chi connectivity index (χ2v) is 7.50. The lowest BCUT2D eigenvalue weighted by atomic mass is 9.75. The van der Waals surface area contributed by atoms with Crippen molar-refractivity contribution >= 4 is 0 Å². The van der Waals surface area contributed by atoms with Crippen LogP contribution in [0.2, 0.25) is 0 Å². The molecular formula is C17H29F5. The van der Waals surface area contributed by atoms with Crippen LogP contribution in [-0.4, -0.2) is 24.4 Å². The zero-order valence-corrected chi connectivity index (χ0v) is 14.5. The first-order valence-corrected chi connectivity index (χ1v) is 8.19. The van der Waals surface area contributed by atoms with E-state index in [1.165, 1.54) is 20.8 Å². The molecule has 0 aromatic rings. The van der Waals surface area contributed by atoms with Gasteiger partial charge in [0.25, 0.3) is 5.92 Å². The first-order valence-electron chi connectivity index (χ1n) is 8.19. The van der Waals surface area contributed by atoms with Crippen LogP contribution in [0.3, 0.4) is 0 Å². The van der Waals surface area contributed by atoms with E-state index in [4.69, 9.17) is 0 Å². The molecule has 0 radical (unpaired) electrons. The SMILES string of the molecule is CCCC1(C)C(C(F)CC)C1(C)C(F)(F)C(F)(CF)C(C)C. The van der Waals surface area contributed by atoms with Crippen LogP contribution in [0.1, 0.15) is 60.8 Å². The molecule has 5 heteroatoms. The maximum atomic E-state index is 15.1. The Morgan fingerprint density at radius 1 is 1.09 bits per heavy atom. The van der Waals surface area contributed by atoms with Crippen molar-refractivity contribution in [1.82, 2.24) is 0 Å². The summed E-state index contributed by atoms with van der Waals surface area (Å²) in [5.41, 5.74) is -6.14. The van der Waals surface area contributed by atoms with E-state index in [9.17, 15) is 13.2 Å². The van der Waals surface area contributed by atoms with Crippen LogP contribution in [0.25, 0.3) is 0 Å². The van der Waals surface area contributed by atoms with Crippen LogP contribution < -0.4 is 0 Å². The molecule has 0 nitrogen and oxygen atoms in total. The smallest absolute Gasteiger partial charge is 0.247 e. The molecule has 0 saturated heterocycles. The van der Waals surface area contributed by atoms with E-state index in [1.807, 2.05) is 6.92 Å². The summed E-state index contributed by atoms with van der Waals surface area (Å²) in [5, 5.41) is 0. The summed E-state index contributed by atoms with van der Waals surface area (Å²) in [6, 6.07) is 0. The van der Waals surface area contributed by atoms with E-state index in [0.717, 1.165) is 0 Å². The van der Waals surface area contributed by atoms with Gasteiger partial charge in [-0.1, -0.05) is 48.0 Å². The summed E-state index contributed by atoms with van der Waals surface area (Å²) in [6.07, 6.45) is -0.341. The second-order valence-electron chi connectivity index (χ2n) is 7.50. The molecule has 1 aliphatic carbocycles. The summed E-state index contributed by atoms with van der Waals surface area (Å²) in [5.74, 6) is -6.05. The van der Waals surface area contributed by atoms with E-state index >= 15 is 8.78 Å². The van der Waals surface area contributed by atoms with Gasteiger partial charge in [0.1, 0.15) is 12.8 Å². The van der Waals surface area contributed by atoms with Gasteiger partial charge in [-0.15, -0.1) is 0 Å². The minimum Gasteiger partial charge on any atom is -0.247 e. The van der Waals surface area contributed by atoms with Crippen LogP contribution in [0.4, 0.5) is 22.0 Å². The van der Waals surface area contributed by atoms with Gasteiger partial charge in [0.2, 0.25) is 5.67 Å². The highest BCUT2D eigenvalue weighted by molar-refractivity contribution is 5.27. The number of hydrogen-bond acceptors (Lipinski definition) is 0. The average molecular weight is 328 g/mol. The van der Waals surface area contributed by atoms with Crippen molar-refractivity contribution in [2.75, 3.05) is 6.67 Å². The maximum absolute atomic E-state index is 15.1. The Balaban J connectivity index is 3.36. The van der Waals surface area contributed by atoms with Crippen LogP contribution in [0.15, 0.2) is 0 Å². The third kappa shape index (κ3) is 2.21. The van der Waals surface area contributed by atoms with Crippen molar-refractivity contribution < 1.29 is 22.0 Å². The summed E-state index contributed by atoms with van der Waals surface area (Å²) in [7, 11) is 0. The first kappa shape index (κ1) is 19.7. The highest BCUT2D eigenvalue weighted by Crippen LogP contribution is 2.80. The fourth-order valence-corrected chi connectivity index (χ4v) is 4.43. The van der Waals surface area contributed by atoms with E-state index in [1.54, 1.807) is 13.8 Å². The molecule has 0 spiro atoms. The van der Waals surface area contributed by atoms with Crippen LogP contribution >= 0.6 is 0 Å². The fraction of sp³-hybridized carbons (Fsp3) is 1.00. The van der Waals surface area contributed by atoms with Gasteiger partial charge >= 0.3 is 0 Å². The number of hydrogen-bond donors (Lipinski definition) is 0. The van der Waals surface area contributed by atoms with E-state index in [2.05, 4.69) is 0 Å². The molecule has 0 amide bonds. The summed E-state index contributed by atoms with van der Waals surface area (Å²) in [6.45, 7) is 6.99. The van der Waals surface area contributed by atoms with Crippen molar-refractivity contribution in [2.24, 2.45) is 22.7 Å². The molecule has 1 rings (SSSR count). The molecule has 1 fully saturated rings. The van der Waals surface area contributed by atoms with Crippen molar-refractivity contribution in [1.29, 1.82) is 0 Å². The average Bonchev–Trinajstić information content (AvgIpc) is 2.95. The Kier molecular flexibility index (Phi) is 5.31. The summed E-state index contributed by atoms with van der Waals surface area (Å²) in [4.78, 5) is 0. The van der Waals surface area contributed by atoms with E-state index in [0.29, 0.717) is 12.8 Å². The number of rotatable bonds is 8. The molecule has 1 aliphatic rings. The topological polar surface area (TPSA) is 0 Å². The molecule has 0 heterocycles. The van der Waals surface area contributed by atoms with E-state index < -0.39 is 47.1 Å². The van der Waals surface area contributed by atoms with E-state index in [-0.39, 0.29) is 6.42 Å². The highest BCUT2D eigenvalue weighted by Gasteiger charge is 2.86. The molecule has 132 valence electrons. The van der Waals surface area contributed by atoms with Gasteiger partial charge in [-0.3, -0.25) is 0 Å². The Hall–Kier alpha value is -0.350. The zero-order valence-electron chi connectivity index (χ0n) is 14.5. The molecule has 0 aromatic carbocycles. The van der Waals surface area contributed by atoms with Crippen molar-refractivity contribution in [3.05, 3.63) is 0 Å². The number of alkyl halides is 5. The van der Waals surface area contributed by atoms with Crippen molar-refractivity contribution in [3.63, 3.8) is 0 Å². The Bertz CT molecular complexity index is 397. The lowest BCUT2D eigenvalue weighted by molar-refractivity contribution is -0.217. The standard InChI is InChI=1S/C17H29F5/c1-7-9-14(5)13(12(19)8-2)15(14,6)17(21,22)16(20,10-18)11(3)4/h11-13H,7-10H2,1-6H3. The molecule has 0 aliphatic heterocycles. The molecule has 5 unspecified atom stereocenters. The van der Waals surface area contributed by atoms with Gasteiger partial charge in [0.15, 0.2) is 0 Å². The highest BCUT2D eigenvalue weighted by atomic mass is 19.3. The summed E-state index contributed by atoms with van der Waals surface area (Å²) < 4.78 is 72.5. The van der Waals surface area contributed by atoms with Gasteiger partial charge in [0.05, 0.1) is 0 Å². The lowest BCUT2D eigenvalue weighted by Crippen LogP contribution is -2.56. The van der Waals surface area contributed by atoms with Crippen LogP contribution in [0.5, 0.6) is 0 Å². The second kappa shape index (κ2) is 5.94. The molecule has 22 heavy (non-hydrogen) atoms. The largest absolute Gasteiger partial charge is 0.290 e. The number of halogens is 5. The third-order valence-electron chi connectivity index (χ3n) is 6.22. The Morgan fingerprint density at radius 2 is 1.59 bits per heavy atom. The predicted octanol–water partition coefficient (Wildman–Crippen LogP) is 6.15. The third-order valence-corrected chi connectivity index (χ3v) is 6.22. The quantitative estimate of drug-likeness (QED) is 0.469. The van der Waals surface area contributed by atoms with Crippen LogP contribution in [0, 0.1) is 22.7 Å². The van der Waals surface area contributed by atoms with Gasteiger partial charge in [-0.25, -0.2) is 22.0 Å². The Morgan fingerprint density at radius 3 is 1.91 bits per heavy atom. The van der Waals surface area contributed by atoms with Crippen LogP contribution in [-0.2, 0) is 0 Å². The minimum absolute atomic E-state index is 0.103. The summed E-state index contributed by atoms with van der Waals surface area (Å²) >= 11 is 0. The molecule has 5 atom stereocenters. The molecule has 0 N–H and O–H groups in total. The Labute approximate surface area is 130 Å². The monoisotopic (exact) mass is 328 g/mol. The first-order chi connectivity index (χ1) is 9.92. The predicted molar refractivity (Wildman–Crippen MR) is 79.4 cm³/mol. The zero-order chi connectivity index (χ0) is 17.6. The molecule has 1 saturated carbocycles. The van der Waals surface area contributed by atoms with Gasteiger partial charge < -0.3 is 0 Å². The van der Waals surface area contributed by atoms with Gasteiger partial charge in [0, 0.05) is 11.3 Å². The fourth-order valence-electron chi connectivity index (χ4n) is 4.43. The molecule has 0 aromatic heterocycles. The minimum atomic E-state index is -3.92. The van der Waals surface area contributed by atoms with Crippen molar-refractivity contribution in [3.8, 4) is 0 Å². The molecular weight excluding hydrogens is 299 g/mol. The lowest BCUT2D eigenvalue weighted by Gasteiger charge is -2.40. The molecule has 0 bridgehead atoms.